The predicted molar refractivity (Wildman–Crippen MR) is 176 cm³/mol. The molecule has 4 nitrogen and oxygen atoms in total. The zero-order chi connectivity index (χ0) is 28.9. The van der Waals surface area contributed by atoms with E-state index in [0.717, 1.165) is 49.6 Å². The minimum atomic E-state index is 0.325. The molecule has 1 unspecified atom stereocenters. The highest BCUT2D eigenvalue weighted by molar-refractivity contribution is 5.90. The Morgan fingerprint density at radius 2 is 1.71 bits per heavy atom. The number of nitrogens with zero attached hydrogens (tertiary/aromatic N) is 1. The van der Waals surface area contributed by atoms with Gasteiger partial charge in [0, 0.05) is 47.2 Å². The Labute approximate surface area is 252 Å². The molecule has 42 heavy (non-hydrogen) atoms. The van der Waals surface area contributed by atoms with E-state index in [9.17, 15) is 0 Å². The third-order valence-corrected chi connectivity index (χ3v) is 9.97. The van der Waals surface area contributed by atoms with Crippen LogP contribution in [0.3, 0.4) is 0 Å². The molecule has 3 N–H and O–H groups in total. The molecule has 1 heterocycles. The Balaban J connectivity index is 1.39. The van der Waals surface area contributed by atoms with Crippen LogP contribution in [0.1, 0.15) is 86.8 Å². The van der Waals surface area contributed by atoms with Gasteiger partial charge in [-0.3, -0.25) is 0 Å². The van der Waals surface area contributed by atoms with Crippen molar-refractivity contribution in [1.29, 1.82) is 0 Å². The zero-order valence-electron chi connectivity index (χ0n) is 25.7. The molecule has 1 aromatic heterocycles. The van der Waals surface area contributed by atoms with Crippen molar-refractivity contribution in [3.05, 3.63) is 89.6 Å². The fraction of sp³-hybridized carbons (Fsp3) is 0.474. The monoisotopic (exact) mass is 563 g/mol. The van der Waals surface area contributed by atoms with Gasteiger partial charge in [0.2, 0.25) is 0 Å². The van der Waals surface area contributed by atoms with Crippen molar-refractivity contribution in [3.8, 4) is 16.9 Å². The maximum absolute atomic E-state index is 6.20. The molecular formula is C38H49N3O. The van der Waals surface area contributed by atoms with Gasteiger partial charge in [0.1, 0.15) is 5.75 Å². The van der Waals surface area contributed by atoms with Crippen LogP contribution in [0.5, 0.6) is 5.75 Å². The van der Waals surface area contributed by atoms with Crippen molar-refractivity contribution < 1.29 is 4.74 Å². The van der Waals surface area contributed by atoms with E-state index in [2.05, 4.69) is 83.7 Å². The lowest BCUT2D eigenvalue weighted by molar-refractivity contribution is 0.322. The number of nitrogens with two attached hydrogens (primary N) is 1. The van der Waals surface area contributed by atoms with Gasteiger partial charge in [0.15, 0.2) is 0 Å². The van der Waals surface area contributed by atoms with Gasteiger partial charge in [0.05, 0.1) is 7.11 Å². The first-order valence-corrected chi connectivity index (χ1v) is 16.4. The van der Waals surface area contributed by atoms with Crippen molar-refractivity contribution in [2.45, 2.75) is 95.7 Å². The molecule has 222 valence electrons. The van der Waals surface area contributed by atoms with Crippen LogP contribution in [0.2, 0.25) is 0 Å². The van der Waals surface area contributed by atoms with Gasteiger partial charge < -0.3 is 20.4 Å². The molecule has 2 aliphatic carbocycles. The quantitative estimate of drug-likeness (QED) is 0.203. The molecular weight excluding hydrogens is 514 g/mol. The van der Waals surface area contributed by atoms with E-state index in [1.54, 1.807) is 7.11 Å². The third kappa shape index (κ3) is 6.61. The van der Waals surface area contributed by atoms with Gasteiger partial charge in [-0.15, -0.1) is 0 Å². The Kier molecular flexibility index (Phi) is 9.31. The molecule has 0 radical (unpaired) electrons. The number of nitrogens with one attached hydrogen (secondary N) is 1. The second-order valence-electron chi connectivity index (χ2n) is 13.0. The molecule has 2 aliphatic rings. The average molecular weight is 564 g/mol. The molecule has 6 rings (SSSR count). The Morgan fingerprint density at radius 3 is 2.50 bits per heavy atom. The summed E-state index contributed by atoms with van der Waals surface area (Å²) in [5, 5.41) is 5.30. The van der Waals surface area contributed by atoms with Crippen LogP contribution in [0, 0.1) is 12.8 Å². The number of para-hydroxylation sites is 1. The van der Waals surface area contributed by atoms with Crippen molar-refractivity contribution >= 4 is 10.9 Å². The molecule has 2 fully saturated rings. The van der Waals surface area contributed by atoms with Gasteiger partial charge in [-0.2, -0.15) is 0 Å². The van der Waals surface area contributed by atoms with Crippen molar-refractivity contribution in [3.63, 3.8) is 0 Å². The lowest BCUT2D eigenvalue weighted by atomic mass is 9.86. The largest absolute Gasteiger partial charge is 0.496 e. The molecule has 3 aromatic carbocycles. The SMILES string of the molecule is COc1ccccc1-c1ccc2c(c1)c(C(CCN[C@H]1CC[C@H](N)CC1)c1cccc(C)c1)cn2CC1CCCCC1. The number of ether oxygens (including phenoxy) is 1. The van der Waals surface area contributed by atoms with Gasteiger partial charge >= 0.3 is 0 Å². The highest BCUT2D eigenvalue weighted by Crippen LogP contribution is 2.39. The summed E-state index contributed by atoms with van der Waals surface area (Å²) < 4.78 is 8.36. The van der Waals surface area contributed by atoms with Gasteiger partial charge in [0.25, 0.3) is 0 Å². The Hall–Kier alpha value is -3.08. The van der Waals surface area contributed by atoms with E-state index < -0.39 is 0 Å². The summed E-state index contributed by atoms with van der Waals surface area (Å²) in [7, 11) is 1.77. The highest BCUT2D eigenvalue weighted by Gasteiger charge is 2.24. The van der Waals surface area contributed by atoms with Crippen LogP contribution in [0.15, 0.2) is 72.9 Å². The standard InChI is InChI=1S/C38H49N3O/c1-27-9-8-12-29(23-27)33(21-22-40-32-18-16-31(39)17-19-32)36-26-41(25-28-10-4-3-5-11-28)37-20-15-30(24-35(36)37)34-13-6-7-14-38(34)42-2/h6-9,12-15,20,23-24,26,28,31-33,40H,3-5,10-11,16-19,21-22,25,39H2,1-2H3/t31-,32-,33?. The molecule has 0 bridgehead atoms. The van der Waals surface area contributed by atoms with Crippen LogP contribution in [-0.4, -0.2) is 30.3 Å². The number of methoxy groups -OCH3 is 1. The minimum absolute atomic E-state index is 0.325. The Morgan fingerprint density at radius 1 is 0.905 bits per heavy atom. The van der Waals surface area contributed by atoms with Crippen molar-refractivity contribution in [1.82, 2.24) is 9.88 Å². The van der Waals surface area contributed by atoms with Gasteiger partial charge in [-0.1, -0.05) is 73.4 Å². The van der Waals surface area contributed by atoms with Gasteiger partial charge in [-0.25, -0.2) is 0 Å². The van der Waals surface area contributed by atoms with E-state index >= 15 is 0 Å². The second kappa shape index (κ2) is 13.5. The van der Waals surface area contributed by atoms with E-state index in [4.69, 9.17) is 10.5 Å². The number of hydrogen-bond donors (Lipinski definition) is 2. The summed E-state index contributed by atoms with van der Waals surface area (Å²) in [6.45, 7) is 4.35. The smallest absolute Gasteiger partial charge is 0.126 e. The maximum Gasteiger partial charge on any atom is 0.126 e. The maximum atomic E-state index is 6.20. The molecule has 4 heteroatoms. The summed E-state index contributed by atoms with van der Waals surface area (Å²) in [5.41, 5.74) is 14.1. The minimum Gasteiger partial charge on any atom is -0.496 e. The van der Waals surface area contributed by atoms with Crippen LogP contribution in [0.25, 0.3) is 22.0 Å². The molecule has 0 spiro atoms. The fourth-order valence-electron chi connectivity index (χ4n) is 7.60. The molecule has 2 saturated carbocycles. The van der Waals surface area contributed by atoms with Crippen molar-refractivity contribution in [2.75, 3.05) is 13.7 Å². The summed E-state index contributed by atoms with van der Waals surface area (Å²) in [6.07, 6.45) is 15.1. The number of aryl methyl sites for hydroxylation is 1. The summed E-state index contributed by atoms with van der Waals surface area (Å²) in [6, 6.07) is 25.6. The fourth-order valence-corrected chi connectivity index (χ4v) is 7.60. The van der Waals surface area contributed by atoms with Gasteiger partial charge in [-0.05, 0) is 99.2 Å². The van der Waals surface area contributed by atoms with Crippen molar-refractivity contribution in [2.24, 2.45) is 11.7 Å². The van der Waals surface area contributed by atoms with E-state index in [1.165, 1.54) is 78.1 Å². The molecule has 0 amide bonds. The highest BCUT2D eigenvalue weighted by atomic mass is 16.5. The number of fused-ring (bicyclic) bond motifs is 1. The Bertz CT molecular complexity index is 1460. The van der Waals surface area contributed by atoms with Crippen LogP contribution in [0.4, 0.5) is 0 Å². The topological polar surface area (TPSA) is 52.2 Å². The number of hydrogen-bond acceptors (Lipinski definition) is 3. The lowest BCUT2D eigenvalue weighted by Crippen LogP contribution is -2.38. The lowest BCUT2D eigenvalue weighted by Gasteiger charge is -2.28. The first kappa shape index (κ1) is 29.0. The molecule has 1 atom stereocenters. The summed E-state index contributed by atoms with van der Waals surface area (Å²) in [5.74, 6) is 2.02. The van der Waals surface area contributed by atoms with Crippen LogP contribution >= 0.6 is 0 Å². The van der Waals surface area contributed by atoms with E-state index in [1.807, 2.05) is 6.07 Å². The first-order valence-electron chi connectivity index (χ1n) is 16.4. The first-order chi connectivity index (χ1) is 20.6. The third-order valence-electron chi connectivity index (χ3n) is 9.97. The number of benzene rings is 3. The molecule has 0 aliphatic heterocycles. The van der Waals surface area contributed by atoms with Crippen LogP contribution < -0.4 is 15.8 Å². The second-order valence-corrected chi connectivity index (χ2v) is 13.0. The zero-order valence-corrected chi connectivity index (χ0v) is 25.7. The predicted octanol–water partition coefficient (Wildman–Crippen LogP) is 8.59. The van der Waals surface area contributed by atoms with E-state index in [-0.39, 0.29) is 0 Å². The molecule has 0 saturated heterocycles. The summed E-state index contributed by atoms with van der Waals surface area (Å²) >= 11 is 0. The average Bonchev–Trinajstić information content (AvgIpc) is 3.37. The number of aromatic nitrogens is 1. The van der Waals surface area contributed by atoms with E-state index in [0.29, 0.717) is 18.0 Å². The van der Waals surface area contributed by atoms with Crippen LogP contribution in [-0.2, 0) is 6.54 Å². The summed E-state index contributed by atoms with van der Waals surface area (Å²) in [4.78, 5) is 0. The normalized spacial score (nSPS) is 20.5. The number of rotatable bonds is 10. The molecule has 4 aromatic rings.